The molecule has 0 N–H and O–H groups in total. The van der Waals surface area contributed by atoms with Crippen molar-refractivity contribution in [2.45, 2.75) is 0 Å². The lowest BCUT2D eigenvalue weighted by Crippen LogP contribution is -2.10. The van der Waals surface area contributed by atoms with Crippen molar-refractivity contribution in [2.75, 3.05) is 19.0 Å². The molecule has 0 fully saturated rings. The maximum absolute atomic E-state index is 10.8. The molecule has 0 spiro atoms. The number of nitrogens with zero attached hydrogens (tertiary/aromatic N) is 2. The number of benzene rings is 3. The lowest BCUT2D eigenvalue weighted by molar-refractivity contribution is -0.384. The second-order valence-electron chi connectivity index (χ2n) is 9.48. The highest BCUT2D eigenvalue weighted by Crippen LogP contribution is 2.16. The Bertz CT molecular complexity index is 1850. The van der Waals surface area contributed by atoms with Gasteiger partial charge in [0.25, 0.3) is 5.69 Å². The van der Waals surface area contributed by atoms with Crippen LogP contribution in [-0.2, 0) is 0 Å². The van der Waals surface area contributed by atoms with Gasteiger partial charge in [-0.15, -0.1) is 0 Å². The van der Waals surface area contributed by atoms with Crippen LogP contribution in [0.15, 0.2) is 133 Å². The lowest BCUT2D eigenvalue weighted by atomic mass is 10.1. The van der Waals surface area contributed by atoms with E-state index in [-0.39, 0.29) is 5.69 Å². The molecular weight excluding hydrogens is 492 g/mol. The molecule has 0 aliphatic heterocycles. The molecule has 0 bridgehead atoms. The summed E-state index contributed by atoms with van der Waals surface area (Å²) in [6, 6.07) is 23.0. The van der Waals surface area contributed by atoms with E-state index in [4.69, 9.17) is 0 Å². The minimum Gasteiger partial charge on any atom is -0.378 e. The van der Waals surface area contributed by atoms with Gasteiger partial charge in [0.2, 0.25) is 0 Å². The number of rotatable bonds is 2. The largest absolute Gasteiger partial charge is 0.378 e. The van der Waals surface area contributed by atoms with Gasteiger partial charge in [-0.1, -0.05) is 72.3 Å². The van der Waals surface area contributed by atoms with Crippen molar-refractivity contribution in [3.8, 4) is 23.7 Å². The molecule has 0 amide bonds. The Kier molecular flexibility index (Phi) is 7.72. The molecule has 4 heteroatoms. The first-order chi connectivity index (χ1) is 19.4. The van der Waals surface area contributed by atoms with Crippen molar-refractivity contribution in [3.05, 3.63) is 164 Å². The molecule has 2 aliphatic carbocycles. The minimum absolute atomic E-state index is 0.0572. The quantitative estimate of drug-likeness (QED) is 0.252. The molecule has 5 rings (SSSR count). The van der Waals surface area contributed by atoms with E-state index in [2.05, 4.69) is 95.4 Å². The van der Waals surface area contributed by atoms with Crippen molar-refractivity contribution < 1.29 is 4.92 Å². The molecule has 3 aromatic rings. The molecule has 0 radical (unpaired) electrons. The predicted molar refractivity (Wildman–Crippen MR) is 164 cm³/mol. The van der Waals surface area contributed by atoms with Gasteiger partial charge < -0.3 is 4.90 Å². The summed E-state index contributed by atoms with van der Waals surface area (Å²) in [4.78, 5) is 12.5. The first-order valence-corrected chi connectivity index (χ1v) is 12.8. The average molecular weight is 519 g/mol. The number of anilines is 1. The van der Waals surface area contributed by atoms with E-state index in [0.29, 0.717) is 0 Å². The zero-order valence-electron chi connectivity index (χ0n) is 22.3. The Morgan fingerprint density at radius 1 is 0.625 bits per heavy atom. The molecular formula is C36H26N2O2. The van der Waals surface area contributed by atoms with Crippen LogP contribution in [-0.4, -0.2) is 19.0 Å². The third kappa shape index (κ3) is 6.45. The van der Waals surface area contributed by atoms with Crippen LogP contribution in [0, 0.1) is 33.8 Å². The van der Waals surface area contributed by atoms with E-state index in [9.17, 15) is 10.1 Å². The number of nitro groups is 1. The van der Waals surface area contributed by atoms with Crippen LogP contribution < -0.4 is 15.3 Å². The minimum atomic E-state index is -0.415. The summed E-state index contributed by atoms with van der Waals surface area (Å²) in [7, 11) is 4.05. The maximum atomic E-state index is 10.8. The molecule has 0 saturated heterocycles. The van der Waals surface area contributed by atoms with Crippen molar-refractivity contribution >= 4 is 22.5 Å². The maximum Gasteiger partial charge on any atom is 0.269 e. The van der Waals surface area contributed by atoms with E-state index < -0.39 is 4.92 Å². The zero-order valence-corrected chi connectivity index (χ0v) is 22.3. The molecule has 192 valence electrons. The molecule has 0 atom stereocenters. The van der Waals surface area contributed by atoms with Gasteiger partial charge in [0.15, 0.2) is 0 Å². The van der Waals surface area contributed by atoms with Crippen LogP contribution in [0.4, 0.5) is 11.4 Å². The van der Waals surface area contributed by atoms with E-state index in [0.717, 1.165) is 49.5 Å². The molecule has 0 heterocycles. The number of hydrogen-bond acceptors (Lipinski definition) is 3. The summed E-state index contributed by atoms with van der Waals surface area (Å²) in [5.41, 5.74) is 7.02. The number of nitro benzene ring substituents is 1. The standard InChI is InChI=1S/C36H26N2O2/c1-37(2)35-22-12-29(13-23-35)8-9-30-11-17-34(26-30)33-20-18-32(19-21-33)31-5-3-4-27(10-16-31)6-7-28-14-24-36(25-15-28)38(39)40/h3-5,10-26H,1-2H3. The molecule has 0 aromatic heterocycles. The highest BCUT2D eigenvalue weighted by Gasteiger charge is 2.03. The van der Waals surface area contributed by atoms with E-state index in [1.165, 1.54) is 12.1 Å². The van der Waals surface area contributed by atoms with E-state index >= 15 is 0 Å². The van der Waals surface area contributed by atoms with Gasteiger partial charge in [0.1, 0.15) is 0 Å². The Morgan fingerprint density at radius 2 is 1.18 bits per heavy atom. The Morgan fingerprint density at radius 3 is 1.80 bits per heavy atom. The summed E-state index contributed by atoms with van der Waals surface area (Å²) in [5, 5.41) is 13.1. The van der Waals surface area contributed by atoms with Crippen LogP contribution in [0.25, 0.3) is 11.1 Å². The normalized spacial score (nSPS) is 13.4. The van der Waals surface area contributed by atoms with Crippen molar-refractivity contribution in [1.29, 1.82) is 0 Å². The van der Waals surface area contributed by atoms with Gasteiger partial charge in [-0.25, -0.2) is 0 Å². The molecule has 0 saturated carbocycles. The van der Waals surface area contributed by atoms with Crippen molar-refractivity contribution in [2.24, 2.45) is 0 Å². The van der Waals surface area contributed by atoms with Gasteiger partial charge in [-0.05, 0) is 82.3 Å². The molecule has 2 aliphatic rings. The highest BCUT2D eigenvalue weighted by molar-refractivity contribution is 5.77. The summed E-state index contributed by atoms with van der Waals surface area (Å²) >= 11 is 0. The van der Waals surface area contributed by atoms with Gasteiger partial charge >= 0.3 is 0 Å². The predicted octanol–water partition coefficient (Wildman–Crippen LogP) is 5.61. The highest BCUT2D eigenvalue weighted by atomic mass is 16.6. The van der Waals surface area contributed by atoms with E-state index in [1.54, 1.807) is 12.1 Å². The molecule has 3 aromatic carbocycles. The van der Waals surface area contributed by atoms with Gasteiger partial charge in [-0.3, -0.25) is 10.1 Å². The molecule has 4 nitrogen and oxygen atoms in total. The third-order valence-corrected chi connectivity index (χ3v) is 6.46. The third-order valence-electron chi connectivity index (χ3n) is 6.46. The second kappa shape index (κ2) is 11.9. The van der Waals surface area contributed by atoms with Gasteiger partial charge in [0, 0.05) is 54.2 Å². The fourth-order valence-electron chi connectivity index (χ4n) is 4.18. The van der Waals surface area contributed by atoms with E-state index in [1.807, 2.05) is 44.5 Å². The molecule has 0 unspecified atom stereocenters. The number of allylic oxidation sites excluding steroid dienone is 10. The Balaban J connectivity index is 1.31. The summed E-state index contributed by atoms with van der Waals surface area (Å²) in [5.74, 6) is 12.7. The summed E-state index contributed by atoms with van der Waals surface area (Å²) < 4.78 is 0. The number of hydrogen-bond donors (Lipinski definition) is 0. The van der Waals surface area contributed by atoms with Gasteiger partial charge in [0.05, 0.1) is 4.92 Å². The summed E-state index contributed by atoms with van der Waals surface area (Å²) in [6.07, 6.45) is 16.3. The Labute approximate surface area is 234 Å². The second-order valence-corrected chi connectivity index (χ2v) is 9.48. The van der Waals surface area contributed by atoms with Crippen LogP contribution >= 0.6 is 0 Å². The fourth-order valence-corrected chi connectivity index (χ4v) is 4.18. The van der Waals surface area contributed by atoms with Crippen LogP contribution in [0.5, 0.6) is 0 Å². The Hall–Kier alpha value is -5.58. The van der Waals surface area contributed by atoms with Crippen molar-refractivity contribution in [3.63, 3.8) is 0 Å². The zero-order chi connectivity index (χ0) is 27.9. The lowest BCUT2D eigenvalue weighted by Gasteiger charge is -2.11. The summed E-state index contributed by atoms with van der Waals surface area (Å²) in [6.45, 7) is 0. The first kappa shape index (κ1) is 26.0. The van der Waals surface area contributed by atoms with Gasteiger partial charge in [-0.2, -0.15) is 0 Å². The molecule has 40 heavy (non-hydrogen) atoms. The van der Waals surface area contributed by atoms with Crippen LogP contribution in [0.1, 0.15) is 11.1 Å². The monoisotopic (exact) mass is 518 g/mol. The van der Waals surface area contributed by atoms with Crippen LogP contribution in [0.2, 0.25) is 0 Å². The fraction of sp³-hybridized carbons (Fsp3) is 0.0556. The number of non-ortho nitro benzene ring substituents is 1. The van der Waals surface area contributed by atoms with Crippen LogP contribution in [0.3, 0.4) is 0 Å². The SMILES string of the molecule is CN(C)c1ccc(C#CC2=CC(=c3ccc(=C4C=CC=C(C#Cc5ccc([N+](=O)[O-])cc5)C=C4)cc3)C=C2)cc1. The topological polar surface area (TPSA) is 46.4 Å². The average Bonchev–Trinajstić information content (AvgIpc) is 3.33. The first-order valence-electron chi connectivity index (χ1n) is 12.8. The smallest absolute Gasteiger partial charge is 0.269 e. The van der Waals surface area contributed by atoms with Crippen molar-refractivity contribution in [1.82, 2.24) is 0 Å².